The predicted octanol–water partition coefficient (Wildman–Crippen LogP) is 7.75. The molecule has 0 atom stereocenters. The Bertz CT molecular complexity index is 1810. The van der Waals surface area contributed by atoms with E-state index >= 15 is 0 Å². The topological polar surface area (TPSA) is 17.3 Å². The quantitative estimate of drug-likeness (QED) is 0.187. The Labute approximate surface area is 176 Å². The van der Waals surface area contributed by atoms with Gasteiger partial charge in [-0.3, -0.25) is 4.40 Å². The third-order valence-electron chi connectivity index (χ3n) is 6.16. The summed E-state index contributed by atoms with van der Waals surface area (Å²) in [6.07, 6.45) is 0. The summed E-state index contributed by atoms with van der Waals surface area (Å²) in [5.41, 5.74) is 4.27. The fourth-order valence-electron chi connectivity index (χ4n) is 4.83. The van der Waals surface area contributed by atoms with Crippen molar-refractivity contribution >= 4 is 71.5 Å². The molecule has 0 spiro atoms. The summed E-state index contributed by atoms with van der Waals surface area (Å²) in [5.74, 6) is 0. The van der Waals surface area contributed by atoms with Gasteiger partial charge in [-0.15, -0.1) is 0 Å². The monoisotopic (exact) mass is 402 g/mol. The molecule has 0 aliphatic heterocycles. The number of hydrogen-bond acceptors (Lipinski definition) is 1. The van der Waals surface area contributed by atoms with Gasteiger partial charge >= 0.3 is 0 Å². The average Bonchev–Trinajstić information content (AvgIpc) is 3.17. The van der Waals surface area contributed by atoms with Gasteiger partial charge in [0.25, 0.3) is 0 Å². The molecule has 0 saturated carbocycles. The van der Waals surface area contributed by atoms with Crippen LogP contribution in [0.15, 0.2) is 91.0 Å². The summed E-state index contributed by atoms with van der Waals surface area (Å²) in [5, 5.41) is 9.17. The molecule has 7 aromatic rings. The Morgan fingerprint density at radius 3 is 2.40 bits per heavy atom. The molecule has 140 valence electrons. The fourth-order valence-corrected chi connectivity index (χ4v) is 5.01. The van der Waals surface area contributed by atoms with Crippen molar-refractivity contribution in [1.29, 1.82) is 0 Å². The van der Waals surface area contributed by atoms with Gasteiger partial charge in [0.15, 0.2) is 0 Å². The molecule has 5 aromatic carbocycles. The number of rotatable bonds is 0. The smallest absolute Gasteiger partial charge is 0.147 e. The minimum absolute atomic E-state index is 0.750. The Hall–Kier alpha value is -3.62. The highest BCUT2D eigenvalue weighted by molar-refractivity contribution is 6.31. The molecule has 7 rings (SSSR count). The number of nitrogens with zero attached hydrogens (tertiary/aromatic N) is 2. The zero-order valence-electron chi connectivity index (χ0n) is 15.9. The molecular formula is C27H15ClN2. The van der Waals surface area contributed by atoms with Gasteiger partial charge in [-0.1, -0.05) is 66.2 Å². The summed E-state index contributed by atoms with van der Waals surface area (Å²) in [4.78, 5) is 5.08. The van der Waals surface area contributed by atoms with E-state index in [4.69, 9.17) is 16.6 Å². The maximum Gasteiger partial charge on any atom is 0.147 e. The molecule has 2 heterocycles. The highest BCUT2D eigenvalue weighted by Gasteiger charge is 2.16. The first-order valence-corrected chi connectivity index (χ1v) is 10.4. The summed E-state index contributed by atoms with van der Waals surface area (Å²) < 4.78 is 2.31. The lowest BCUT2D eigenvalue weighted by Gasteiger charge is -2.13. The van der Waals surface area contributed by atoms with Gasteiger partial charge in [0.2, 0.25) is 0 Å². The third kappa shape index (κ3) is 2.06. The number of aromatic nitrogens is 2. The van der Waals surface area contributed by atoms with Crippen molar-refractivity contribution in [2.75, 3.05) is 0 Å². The van der Waals surface area contributed by atoms with E-state index in [9.17, 15) is 0 Å². The van der Waals surface area contributed by atoms with Crippen LogP contribution in [0, 0.1) is 0 Å². The summed E-state index contributed by atoms with van der Waals surface area (Å²) in [6, 6.07) is 32.0. The average molecular weight is 403 g/mol. The lowest BCUT2D eigenvalue weighted by molar-refractivity contribution is 1.32. The SMILES string of the molecule is Clc1ccc2cc3c4ccc5ccccc5c4c4nc5ccccc5n4c3cc2c1. The zero-order valence-corrected chi connectivity index (χ0v) is 16.7. The Kier molecular flexibility index (Phi) is 3.09. The minimum atomic E-state index is 0.750. The lowest BCUT2D eigenvalue weighted by atomic mass is 9.98. The van der Waals surface area contributed by atoms with Crippen molar-refractivity contribution in [3.63, 3.8) is 0 Å². The lowest BCUT2D eigenvalue weighted by Crippen LogP contribution is -1.93. The Balaban J connectivity index is 1.87. The van der Waals surface area contributed by atoms with E-state index in [1.54, 1.807) is 0 Å². The summed E-state index contributed by atoms with van der Waals surface area (Å²) in [6.45, 7) is 0. The third-order valence-corrected chi connectivity index (χ3v) is 6.40. The van der Waals surface area contributed by atoms with Crippen molar-refractivity contribution in [1.82, 2.24) is 9.38 Å². The van der Waals surface area contributed by atoms with Crippen molar-refractivity contribution in [2.24, 2.45) is 0 Å². The van der Waals surface area contributed by atoms with E-state index in [1.807, 2.05) is 18.2 Å². The molecule has 0 aliphatic carbocycles. The molecule has 2 aromatic heterocycles. The number of fused-ring (bicyclic) bond motifs is 11. The highest BCUT2D eigenvalue weighted by atomic mass is 35.5. The van der Waals surface area contributed by atoms with Crippen LogP contribution in [-0.4, -0.2) is 9.38 Å². The Morgan fingerprint density at radius 1 is 0.600 bits per heavy atom. The highest BCUT2D eigenvalue weighted by Crippen LogP contribution is 2.38. The first-order chi connectivity index (χ1) is 14.8. The maximum atomic E-state index is 6.30. The molecule has 0 N–H and O–H groups in total. The van der Waals surface area contributed by atoms with Gasteiger partial charge in [-0.05, 0) is 63.3 Å². The van der Waals surface area contributed by atoms with Gasteiger partial charge in [0.1, 0.15) is 5.65 Å². The number of benzene rings is 5. The molecule has 0 saturated heterocycles. The molecule has 0 radical (unpaired) electrons. The first kappa shape index (κ1) is 16.2. The van der Waals surface area contributed by atoms with Gasteiger partial charge in [-0.2, -0.15) is 0 Å². The van der Waals surface area contributed by atoms with Crippen LogP contribution in [0.3, 0.4) is 0 Å². The van der Waals surface area contributed by atoms with Gasteiger partial charge in [0.05, 0.1) is 16.6 Å². The number of halogens is 1. The summed E-state index contributed by atoms with van der Waals surface area (Å²) in [7, 11) is 0. The van der Waals surface area contributed by atoms with Crippen LogP contribution in [0.5, 0.6) is 0 Å². The molecule has 0 fully saturated rings. The fraction of sp³-hybridized carbons (Fsp3) is 0. The molecule has 0 bridgehead atoms. The van der Waals surface area contributed by atoms with Crippen LogP contribution >= 0.6 is 11.6 Å². The largest absolute Gasteiger partial charge is 0.292 e. The van der Waals surface area contributed by atoms with Crippen molar-refractivity contribution in [2.45, 2.75) is 0 Å². The van der Waals surface area contributed by atoms with Gasteiger partial charge in [0, 0.05) is 15.8 Å². The van der Waals surface area contributed by atoms with Crippen LogP contribution in [0.1, 0.15) is 0 Å². The van der Waals surface area contributed by atoms with E-state index in [2.05, 4.69) is 77.2 Å². The molecule has 0 aliphatic rings. The number of imidazole rings is 1. The second-order valence-corrected chi connectivity index (χ2v) is 8.27. The number of hydrogen-bond donors (Lipinski definition) is 0. The normalized spacial score (nSPS) is 12.2. The van der Waals surface area contributed by atoms with Crippen LogP contribution < -0.4 is 0 Å². The van der Waals surface area contributed by atoms with Crippen LogP contribution in [0.25, 0.3) is 59.9 Å². The van der Waals surface area contributed by atoms with E-state index in [-0.39, 0.29) is 0 Å². The van der Waals surface area contributed by atoms with E-state index in [1.165, 1.54) is 32.3 Å². The second kappa shape index (κ2) is 5.71. The molecule has 0 unspecified atom stereocenters. The van der Waals surface area contributed by atoms with E-state index in [0.717, 1.165) is 32.6 Å². The van der Waals surface area contributed by atoms with E-state index in [0.29, 0.717) is 0 Å². The van der Waals surface area contributed by atoms with Gasteiger partial charge in [-0.25, -0.2) is 4.98 Å². The molecular weight excluding hydrogens is 388 g/mol. The Morgan fingerprint density at radius 2 is 1.43 bits per heavy atom. The maximum absolute atomic E-state index is 6.30. The van der Waals surface area contributed by atoms with Crippen molar-refractivity contribution in [3.8, 4) is 0 Å². The molecule has 0 amide bonds. The van der Waals surface area contributed by atoms with Crippen LogP contribution in [-0.2, 0) is 0 Å². The molecule has 2 nitrogen and oxygen atoms in total. The standard InChI is InChI=1S/C27H15ClN2/c28-19-11-9-17-14-22-21-12-10-16-5-1-2-6-20(16)26(21)27-29-23-7-3-4-8-24(23)30(27)25(22)15-18(17)13-19/h1-15H. The van der Waals surface area contributed by atoms with Gasteiger partial charge < -0.3 is 0 Å². The minimum Gasteiger partial charge on any atom is -0.292 e. The number of pyridine rings is 1. The predicted molar refractivity (Wildman–Crippen MR) is 128 cm³/mol. The molecule has 3 heteroatoms. The van der Waals surface area contributed by atoms with Crippen molar-refractivity contribution < 1.29 is 0 Å². The molecule has 30 heavy (non-hydrogen) atoms. The first-order valence-electron chi connectivity index (χ1n) is 10.0. The van der Waals surface area contributed by atoms with E-state index < -0.39 is 0 Å². The second-order valence-electron chi connectivity index (χ2n) is 7.83. The van der Waals surface area contributed by atoms with Crippen LogP contribution in [0.4, 0.5) is 0 Å². The zero-order chi connectivity index (χ0) is 19.8. The number of para-hydroxylation sites is 2. The van der Waals surface area contributed by atoms with Crippen molar-refractivity contribution in [3.05, 3.63) is 96.0 Å². The summed E-state index contributed by atoms with van der Waals surface area (Å²) >= 11 is 6.30. The van der Waals surface area contributed by atoms with Crippen LogP contribution in [0.2, 0.25) is 5.02 Å².